The lowest BCUT2D eigenvalue weighted by molar-refractivity contribution is -0.138. The quantitative estimate of drug-likeness (QED) is 0.301. The third-order valence-electron chi connectivity index (χ3n) is 4.77. The number of β-lactam (4-membered cyclic amide) rings is 1. The van der Waals surface area contributed by atoms with Crippen LogP contribution in [0.4, 0.5) is 9.80 Å². The fourth-order valence-corrected chi connectivity index (χ4v) is 4.61. The largest absolute Gasteiger partial charge is 0.362 e. The highest BCUT2D eigenvalue weighted by molar-refractivity contribution is 7.84. The van der Waals surface area contributed by atoms with E-state index in [2.05, 4.69) is 10.3 Å². The molecule has 0 spiro atoms. The molecule has 3 N–H and O–H groups in total. The number of pyridine rings is 1. The number of hydrogen-bond acceptors (Lipinski definition) is 8. The van der Waals surface area contributed by atoms with Gasteiger partial charge in [-0.05, 0) is 53.9 Å². The number of nitrogens with zero attached hydrogens (tertiary/aromatic N) is 3. The van der Waals surface area contributed by atoms with Crippen LogP contribution < -0.4 is 15.5 Å². The molecular weight excluding hydrogens is 546 g/mol. The number of anilines is 1. The number of amides is 5. The van der Waals surface area contributed by atoms with Gasteiger partial charge in [0.05, 0.1) is 18.1 Å². The van der Waals surface area contributed by atoms with Crippen LogP contribution in [0, 0.1) is 0 Å². The van der Waals surface area contributed by atoms with Crippen molar-refractivity contribution < 1.29 is 32.1 Å². The highest BCUT2D eigenvalue weighted by Crippen LogP contribution is 2.29. The minimum absolute atomic E-state index is 0.177. The Bertz CT molecular complexity index is 1330. The predicted octanol–water partition coefficient (Wildman–Crippen LogP) is 1.97. The van der Waals surface area contributed by atoms with E-state index in [4.69, 9.17) is 16.2 Å². The van der Waals surface area contributed by atoms with E-state index in [1.165, 1.54) is 30.3 Å². The van der Waals surface area contributed by atoms with Gasteiger partial charge in [0, 0.05) is 23.0 Å². The van der Waals surface area contributed by atoms with Gasteiger partial charge in [-0.15, -0.1) is 11.3 Å². The Morgan fingerprint density at radius 3 is 2.27 bits per heavy atom. The first kappa shape index (κ1) is 27.7. The third kappa shape index (κ3) is 7.57. The SMILES string of the molecule is O=C(NCC(=O)N(c1cccs1)C1CN(S(=O)(=O)O)C1=O)NC(=O)c1ccc(Cl)cc1.c1ccncc1. The summed E-state index contributed by atoms with van der Waals surface area (Å²) in [5.41, 5.74) is 0.177. The second kappa shape index (κ2) is 12.4. The van der Waals surface area contributed by atoms with Crippen molar-refractivity contribution in [3.63, 3.8) is 0 Å². The smallest absolute Gasteiger partial charge is 0.329 e. The zero-order valence-corrected chi connectivity index (χ0v) is 21.2. The number of rotatable bonds is 6. The van der Waals surface area contributed by atoms with Crippen molar-refractivity contribution in [1.82, 2.24) is 19.9 Å². The lowest BCUT2D eigenvalue weighted by atomic mass is 10.1. The summed E-state index contributed by atoms with van der Waals surface area (Å²) >= 11 is 6.86. The Labute approximate surface area is 220 Å². The summed E-state index contributed by atoms with van der Waals surface area (Å²) < 4.78 is 31.6. The molecule has 3 heterocycles. The minimum atomic E-state index is -4.72. The van der Waals surface area contributed by atoms with Gasteiger partial charge in [0.2, 0.25) is 5.91 Å². The number of nitrogens with one attached hydrogen (secondary N) is 2. The van der Waals surface area contributed by atoms with Crippen molar-refractivity contribution in [3.05, 3.63) is 83.0 Å². The summed E-state index contributed by atoms with van der Waals surface area (Å²) in [5, 5.41) is 6.67. The Hall–Kier alpha value is -3.85. The van der Waals surface area contributed by atoms with E-state index >= 15 is 0 Å². The summed E-state index contributed by atoms with van der Waals surface area (Å²) in [6.45, 7) is -1.00. The number of thiophene rings is 1. The molecule has 2 aromatic heterocycles. The number of benzene rings is 1. The highest BCUT2D eigenvalue weighted by atomic mass is 35.5. The molecule has 0 radical (unpaired) electrons. The Kier molecular flexibility index (Phi) is 9.30. The van der Waals surface area contributed by atoms with Crippen molar-refractivity contribution in [1.29, 1.82) is 0 Å². The van der Waals surface area contributed by atoms with Gasteiger partial charge in [-0.3, -0.25) is 34.1 Å². The second-order valence-electron chi connectivity index (χ2n) is 7.25. The van der Waals surface area contributed by atoms with Crippen LogP contribution in [0.5, 0.6) is 0 Å². The number of carbonyl (C=O) groups excluding carboxylic acids is 4. The number of imide groups is 1. The van der Waals surface area contributed by atoms with Crippen LogP contribution in [-0.4, -0.2) is 65.1 Å². The number of urea groups is 1. The maximum atomic E-state index is 12.7. The van der Waals surface area contributed by atoms with Gasteiger partial charge in [0.15, 0.2) is 0 Å². The Morgan fingerprint density at radius 2 is 1.78 bits per heavy atom. The molecule has 15 heteroatoms. The van der Waals surface area contributed by atoms with Crippen molar-refractivity contribution >= 4 is 62.0 Å². The maximum absolute atomic E-state index is 12.7. The van der Waals surface area contributed by atoms with Gasteiger partial charge in [-0.25, -0.2) is 9.10 Å². The van der Waals surface area contributed by atoms with Gasteiger partial charge in [0.25, 0.3) is 11.8 Å². The summed E-state index contributed by atoms with van der Waals surface area (Å²) in [6.07, 6.45) is 3.50. The van der Waals surface area contributed by atoms with Gasteiger partial charge in [0.1, 0.15) is 6.04 Å². The van der Waals surface area contributed by atoms with Crippen molar-refractivity contribution in [2.45, 2.75) is 6.04 Å². The van der Waals surface area contributed by atoms with E-state index in [-0.39, 0.29) is 9.87 Å². The second-order valence-corrected chi connectivity index (χ2v) is 9.95. The summed E-state index contributed by atoms with van der Waals surface area (Å²) in [4.78, 5) is 53.7. The van der Waals surface area contributed by atoms with E-state index in [1.807, 2.05) is 23.5 Å². The molecule has 0 bridgehead atoms. The fourth-order valence-electron chi connectivity index (χ4n) is 3.01. The van der Waals surface area contributed by atoms with Crippen LogP contribution in [-0.2, 0) is 19.9 Å². The molecule has 1 fully saturated rings. The Balaban J connectivity index is 0.000000555. The van der Waals surface area contributed by atoms with E-state index in [1.54, 1.807) is 23.8 Å². The zero-order valence-electron chi connectivity index (χ0n) is 18.9. The number of aromatic nitrogens is 1. The molecule has 4 rings (SSSR count). The van der Waals surface area contributed by atoms with Crippen molar-refractivity contribution in [2.24, 2.45) is 0 Å². The molecule has 1 aliphatic heterocycles. The van der Waals surface area contributed by atoms with Crippen LogP contribution >= 0.6 is 22.9 Å². The fraction of sp³-hybridized carbons (Fsp3) is 0.136. The molecule has 12 nitrogen and oxygen atoms in total. The average Bonchev–Trinajstić information content (AvgIpc) is 3.40. The summed E-state index contributed by atoms with van der Waals surface area (Å²) in [7, 11) is -4.72. The number of halogens is 1. The first-order valence-electron chi connectivity index (χ1n) is 10.4. The van der Waals surface area contributed by atoms with Crippen LogP contribution in [0.3, 0.4) is 0 Å². The van der Waals surface area contributed by atoms with E-state index in [0.717, 1.165) is 16.2 Å². The Morgan fingerprint density at radius 1 is 1.11 bits per heavy atom. The van der Waals surface area contributed by atoms with Gasteiger partial charge in [-0.2, -0.15) is 8.42 Å². The monoisotopic (exact) mass is 565 g/mol. The molecule has 194 valence electrons. The molecule has 3 aromatic rings. The van der Waals surface area contributed by atoms with Gasteiger partial charge < -0.3 is 5.32 Å². The van der Waals surface area contributed by atoms with E-state index < -0.39 is 53.2 Å². The molecule has 1 atom stereocenters. The molecular formula is C22H20ClN5O7S2. The zero-order chi connectivity index (χ0) is 27.0. The summed E-state index contributed by atoms with van der Waals surface area (Å²) in [5.74, 6) is -2.41. The standard InChI is InChI=1S/C17H15ClN4O7S2.C5H5N/c18-11-5-3-10(4-6-11)15(24)20-17(26)19-8-13(23)22(14-2-1-7-30-14)12-9-21(16(12)25)31(27,28)29;1-2-4-6-5-3-1/h1-7,12H,8-9H2,(H,27,28,29)(H2,19,20,24,26);1-5H. The molecule has 1 aromatic carbocycles. The van der Waals surface area contributed by atoms with Gasteiger partial charge >= 0.3 is 16.3 Å². The molecule has 0 saturated carbocycles. The average molecular weight is 566 g/mol. The minimum Gasteiger partial charge on any atom is -0.329 e. The number of carbonyl (C=O) groups is 4. The van der Waals surface area contributed by atoms with Crippen LogP contribution in [0.1, 0.15) is 10.4 Å². The molecule has 5 amide bonds. The lowest BCUT2D eigenvalue weighted by Gasteiger charge is -2.41. The molecule has 37 heavy (non-hydrogen) atoms. The first-order chi connectivity index (χ1) is 17.6. The van der Waals surface area contributed by atoms with Crippen LogP contribution in [0.2, 0.25) is 5.02 Å². The van der Waals surface area contributed by atoms with Crippen LogP contribution in [0.25, 0.3) is 0 Å². The van der Waals surface area contributed by atoms with E-state index in [9.17, 15) is 27.6 Å². The molecule has 0 aliphatic carbocycles. The maximum Gasteiger partial charge on any atom is 0.362 e. The van der Waals surface area contributed by atoms with Crippen molar-refractivity contribution in [3.8, 4) is 0 Å². The summed E-state index contributed by atoms with van der Waals surface area (Å²) in [6, 6.07) is 12.5. The predicted molar refractivity (Wildman–Crippen MR) is 135 cm³/mol. The third-order valence-corrected chi connectivity index (χ3v) is 6.78. The van der Waals surface area contributed by atoms with E-state index in [0.29, 0.717) is 10.0 Å². The van der Waals surface area contributed by atoms with Crippen molar-refractivity contribution in [2.75, 3.05) is 18.0 Å². The normalized spacial score (nSPS) is 14.5. The topological polar surface area (TPSA) is 166 Å². The molecule has 1 aliphatic rings. The first-order valence-corrected chi connectivity index (χ1v) is 13.1. The van der Waals surface area contributed by atoms with Gasteiger partial charge in [-0.1, -0.05) is 17.7 Å². The lowest BCUT2D eigenvalue weighted by Crippen LogP contribution is -2.67. The number of hydrogen-bond donors (Lipinski definition) is 3. The molecule has 1 unspecified atom stereocenters. The molecule has 1 saturated heterocycles. The van der Waals surface area contributed by atoms with Crippen LogP contribution in [0.15, 0.2) is 72.4 Å². The highest BCUT2D eigenvalue weighted by Gasteiger charge is 2.49.